The minimum Gasteiger partial charge on any atom is -0.497 e. The van der Waals surface area contributed by atoms with Crippen LogP contribution >= 0.6 is 11.6 Å². The monoisotopic (exact) mass is 661 g/mol. The Kier molecular flexibility index (Phi) is 11.8. The minimum absolute atomic E-state index is 0.0341. The molecule has 2 amide bonds. The molecule has 0 radical (unpaired) electrons. The predicted octanol–water partition coefficient (Wildman–Crippen LogP) is 6.41. The topological polar surface area (TPSA) is 96.0 Å². The third-order valence-corrected chi connectivity index (χ3v) is 9.81. The van der Waals surface area contributed by atoms with E-state index >= 15 is 0 Å². The van der Waals surface area contributed by atoms with Crippen LogP contribution in [0, 0.1) is 6.92 Å². The van der Waals surface area contributed by atoms with Crippen LogP contribution in [0.15, 0.2) is 108 Å². The fourth-order valence-corrected chi connectivity index (χ4v) is 6.82. The van der Waals surface area contributed by atoms with Gasteiger partial charge in [0, 0.05) is 24.0 Å². The summed E-state index contributed by atoms with van der Waals surface area (Å²) in [6.45, 7) is 5.11. The molecule has 0 spiro atoms. The van der Waals surface area contributed by atoms with Crippen LogP contribution in [0.1, 0.15) is 37.0 Å². The summed E-state index contributed by atoms with van der Waals surface area (Å²) < 4.78 is 34.9. The summed E-state index contributed by atoms with van der Waals surface area (Å²) in [6.07, 6.45) is 0.927. The zero-order chi connectivity index (χ0) is 33.3. The van der Waals surface area contributed by atoms with E-state index in [1.165, 1.54) is 17.0 Å². The molecule has 0 bridgehead atoms. The smallest absolute Gasteiger partial charge is 0.264 e. The molecule has 0 saturated heterocycles. The number of methoxy groups -OCH3 is 1. The summed E-state index contributed by atoms with van der Waals surface area (Å²) in [5, 5.41) is 3.48. The highest BCUT2D eigenvalue weighted by Crippen LogP contribution is 2.30. The molecule has 46 heavy (non-hydrogen) atoms. The Morgan fingerprint density at radius 3 is 2.17 bits per heavy atom. The molecule has 4 aromatic carbocycles. The van der Waals surface area contributed by atoms with E-state index in [1.54, 1.807) is 62.6 Å². The lowest BCUT2D eigenvalue weighted by molar-refractivity contribution is -0.140. The molecular formula is C36H40ClN3O5S. The highest BCUT2D eigenvalue weighted by molar-refractivity contribution is 7.92. The van der Waals surface area contributed by atoms with Crippen LogP contribution in [0.25, 0.3) is 0 Å². The standard InChI is InChI=1S/C36H40ClN3O5S/c1-5-27(3)38-36(42)34(23-28-13-8-6-9-14-28)39(24-29-15-12-16-31(22-29)45-4)35(41)25-40(33-20-19-30(37)21-26(33)2)46(43,44)32-17-10-7-11-18-32/h6-22,27,34H,5,23-25H2,1-4H3,(H,38,42)/t27-,34+/m0/s1. The van der Waals surface area contributed by atoms with Crippen molar-refractivity contribution < 1.29 is 22.7 Å². The van der Waals surface area contributed by atoms with E-state index in [0.29, 0.717) is 28.4 Å². The number of hydrogen-bond acceptors (Lipinski definition) is 5. The molecule has 4 aromatic rings. The van der Waals surface area contributed by atoms with Crippen molar-refractivity contribution in [3.05, 3.63) is 125 Å². The molecule has 10 heteroatoms. The minimum atomic E-state index is -4.21. The zero-order valence-electron chi connectivity index (χ0n) is 26.5. The van der Waals surface area contributed by atoms with Crippen molar-refractivity contribution in [2.75, 3.05) is 18.0 Å². The summed E-state index contributed by atoms with van der Waals surface area (Å²) in [5.41, 5.74) is 2.47. The number of nitrogens with one attached hydrogen (secondary N) is 1. The van der Waals surface area contributed by atoms with Crippen molar-refractivity contribution in [1.29, 1.82) is 0 Å². The molecule has 0 saturated carbocycles. The number of aryl methyl sites for hydroxylation is 1. The summed E-state index contributed by atoms with van der Waals surface area (Å²) in [4.78, 5) is 30.1. The van der Waals surface area contributed by atoms with Gasteiger partial charge >= 0.3 is 0 Å². The van der Waals surface area contributed by atoms with E-state index in [0.717, 1.165) is 15.4 Å². The SMILES string of the molecule is CC[C@H](C)NC(=O)[C@@H](Cc1ccccc1)N(Cc1cccc(OC)c1)C(=O)CN(c1ccc(Cl)cc1C)S(=O)(=O)c1ccccc1. The number of sulfonamides is 1. The maximum absolute atomic E-state index is 14.6. The van der Waals surface area contributed by atoms with Gasteiger partial charge in [-0.1, -0.05) is 79.2 Å². The molecule has 0 unspecified atom stereocenters. The summed E-state index contributed by atoms with van der Waals surface area (Å²) in [6, 6.07) is 28.4. The summed E-state index contributed by atoms with van der Waals surface area (Å²) in [7, 11) is -2.65. The average Bonchev–Trinajstić information content (AvgIpc) is 3.06. The largest absolute Gasteiger partial charge is 0.497 e. The van der Waals surface area contributed by atoms with E-state index in [4.69, 9.17) is 16.3 Å². The Hall–Kier alpha value is -4.34. The average molecular weight is 662 g/mol. The number of anilines is 1. The van der Waals surface area contributed by atoms with Crippen molar-refractivity contribution in [3.63, 3.8) is 0 Å². The molecule has 0 fully saturated rings. The van der Waals surface area contributed by atoms with Gasteiger partial charge in [0.15, 0.2) is 0 Å². The third kappa shape index (κ3) is 8.68. The van der Waals surface area contributed by atoms with Gasteiger partial charge in [-0.15, -0.1) is 0 Å². The second-order valence-corrected chi connectivity index (χ2v) is 13.5. The van der Waals surface area contributed by atoms with Gasteiger partial charge in [-0.2, -0.15) is 0 Å². The maximum atomic E-state index is 14.6. The van der Waals surface area contributed by atoms with Crippen LogP contribution in [0.3, 0.4) is 0 Å². The lowest BCUT2D eigenvalue weighted by atomic mass is 10.0. The number of benzene rings is 4. The molecule has 8 nitrogen and oxygen atoms in total. The normalized spacial score (nSPS) is 12.5. The number of carbonyl (C=O) groups excluding carboxylic acids is 2. The highest BCUT2D eigenvalue weighted by Gasteiger charge is 2.35. The number of rotatable bonds is 14. The number of carbonyl (C=O) groups is 2. The maximum Gasteiger partial charge on any atom is 0.264 e. The van der Waals surface area contributed by atoms with Crippen LogP contribution in [0.4, 0.5) is 5.69 Å². The second kappa shape index (κ2) is 15.8. The van der Waals surface area contributed by atoms with Crippen molar-refractivity contribution >= 4 is 39.1 Å². The highest BCUT2D eigenvalue weighted by atomic mass is 35.5. The van der Waals surface area contributed by atoms with Crippen molar-refractivity contribution in [2.45, 2.75) is 57.1 Å². The molecule has 0 aliphatic rings. The zero-order valence-corrected chi connectivity index (χ0v) is 28.1. The summed E-state index contributed by atoms with van der Waals surface area (Å²) >= 11 is 6.23. The van der Waals surface area contributed by atoms with Gasteiger partial charge in [0.2, 0.25) is 11.8 Å². The quantitative estimate of drug-likeness (QED) is 0.169. The second-order valence-electron chi connectivity index (χ2n) is 11.2. The van der Waals surface area contributed by atoms with Gasteiger partial charge in [-0.05, 0) is 79.4 Å². The lowest BCUT2D eigenvalue weighted by Gasteiger charge is -2.34. The molecule has 4 rings (SSSR count). The molecule has 0 aromatic heterocycles. The van der Waals surface area contributed by atoms with Crippen LogP contribution in [-0.4, -0.2) is 50.9 Å². The van der Waals surface area contributed by atoms with Gasteiger partial charge in [0.25, 0.3) is 10.0 Å². The van der Waals surface area contributed by atoms with Crippen LogP contribution < -0.4 is 14.4 Å². The molecule has 242 valence electrons. The first-order valence-corrected chi connectivity index (χ1v) is 17.0. The van der Waals surface area contributed by atoms with Gasteiger partial charge in [-0.25, -0.2) is 8.42 Å². The molecule has 0 aliphatic carbocycles. The molecule has 0 aliphatic heterocycles. The first-order valence-electron chi connectivity index (χ1n) is 15.1. The number of hydrogen-bond donors (Lipinski definition) is 1. The van der Waals surface area contributed by atoms with E-state index in [2.05, 4.69) is 5.32 Å². The van der Waals surface area contributed by atoms with Gasteiger partial charge < -0.3 is 15.0 Å². The van der Waals surface area contributed by atoms with E-state index in [9.17, 15) is 18.0 Å². The number of nitrogens with zero attached hydrogens (tertiary/aromatic N) is 2. The third-order valence-electron chi connectivity index (χ3n) is 7.80. The number of halogens is 1. The van der Waals surface area contributed by atoms with Crippen LogP contribution in [-0.2, 0) is 32.6 Å². The lowest BCUT2D eigenvalue weighted by Crippen LogP contribution is -2.54. The van der Waals surface area contributed by atoms with Crippen molar-refractivity contribution in [2.24, 2.45) is 0 Å². The Labute approximate surface area is 277 Å². The Morgan fingerprint density at radius 1 is 0.891 bits per heavy atom. The Bertz CT molecular complexity index is 1740. The Morgan fingerprint density at radius 2 is 1.54 bits per heavy atom. The van der Waals surface area contributed by atoms with Crippen LogP contribution in [0.2, 0.25) is 5.02 Å². The van der Waals surface area contributed by atoms with E-state index < -0.39 is 28.5 Å². The fraction of sp³-hybridized carbons (Fsp3) is 0.278. The van der Waals surface area contributed by atoms with Gasteiger partial charge in [0.05, 0.1) is 17.7 Å². The summed E-state index contributed by atoms with van der Waals surface area (Å²) in [5.74, 6) is -0.273. The predicted molar refractivity (Wildman–Crippen MR) is 183 cm³/mol. The first-order chi connectivity index (χ1) is 22.0. The first kappa shape index (κ1) is 34.5. The number of ether oxygens (including phenoxy) is 1. The van der Waals surface area contributed by atoms with Gasteiger partial charge in [-0.3, -0.25) is 13.9 Å². The van der Waals surface area contributed by atoms with E-state index in [-0.39, 0.29) is 29.8 Å². The van der Waals surface area contributed by atoms with Gasteiger partial charge in [0.1, 0.15) is 18.3 Å². The van der Waals surface area contributed by atoms with Crippen molar-refractivity contribution in [3.8, 4) is 5.75 Å². The molecule has 1 N–H and O–H groups in total. The van der Waals surface area contributed by atoms with E-state index in [1.807, 2.05) is 56.3 Å². The van der Waals surface area contributed by atoms with Crippen molar-refractivity contribution in [1.82, 2.24) is 10.2 Å². The molecule has 0 heterocycles. The Balaban J connectivity index is 1.83. The van der Waals surface area contributed by atoms with Crippen LogP contribution in [0.5, 0.6) is 5.75 Å². The molecular weight excluding hydrogens is 622 g/mol. The number of amides is 2. The fourth-order valence-electron chi connectivity index (χ4n) is 5.09. The molecule has 2 atom stereocenters.